The van der Waals surface area contributed by atoms with Crippen LogP contribution in [-0.2, 0) is 16.4 Å². The van der Waals surface area contributed by atoms with Crippen LogP contribution < -0.4 is 10.9 Å². The highest BCUT2D eigenvalue weighted by Gasteiger charge is 2.15. The second kappa shape index (κ2) is 4.67. The summed E-state index contributed by atoms with van der Waals surface area (Å²) >= 11 is 2.05. The molecule has 0 atom stereocenters. The highest BCUT2D eigenvalue weighted by molar-refractivity contribution is 14.1. The fraction of sp³-hybridized carbons (Fsp3) is 0.333. The topological polar surface area (TPSA) is 86.2 Å². The van der Waals surface area contributed by atoms with Crippen molar-refractivity contribution in [3.63, 3.8) is 0 Å². The molecule has 84 valence electrons. The molecule has 1 rings (SSSR count). The molecule has 15 heavy (non-hydrogen) atoms. The molecule has 0 aliphatic heterocycles. The first kappa shape index (κ1) is 12.7. The van der Waals surface area contributed by atoms with Gasteiger partial charge in [0, 0.05) is 3.57 Å². The first-order valence-corrected chi connectivity index (χ1v) is 7.09. The third-order valence-electron chi connectivity index (χ3n) is 2.02. The fourth-order valence-corrected chi connectivity index (χ4v) is 2.99. The maximum Gasteiger partial charge on any atom is 0.240 e. The van der Waals surface area contributed by atoms with Crippen molar-refractivity contribution in [1.29, 1.82) is 0 Å². The number of benzene rings is 1. The van der Waals surface area contributed by atoms with Gasteiger partial charge in [0.1, 0.15) is 4.90 Å². The molecule has 1 aromatic carbocycles. The van der Waals surface area contributed by atoms with Crippen LogP contribution in [0.4, 0.5) is 5.69 Å². The Morgan fingerprint density at radius 1 is 1.40 bits per heavy atom. The lowest BCUT2D eigenvalue weighted by Gasteiger charge is -2.09. The lowest BCUT2D eigenvalue weighted by molar-refractivity contribution is 0.598. The molecule has 1 aromatic rings. The first-order chi connectivity index (χ1) is 6.86. The SMILES string of the molecule is CCCc1cc(I)cc(S(N)(=O)=O)c1N. The van der Waals surface area contributed by atoms with Crippen LogP contribution in [0.25, 0.3) is 0 Å². The number of anilines is 1. The van der Waals surface area contributed by atoms with Gasteiger partial charge in [-0.1, -0.05) is 13.3 Å². The van der Waals surface area contributed by atoms with Gasteiger partial charge >= 0.3 is 0 Å². The number of nitrogen functional groups attached to an aromatic ring is 1. The van der Waals surface area contributed by atoms with Gasteiger partial charge in [-0.15, -0.1) is 0 Å². The molecule has 0 aromatic heterocycles. The van der Waals surface area contributed by atoms with Crippen molar-refractivity contribution in [2.45, 2.75) is 24.7 Å². The number of hydrogen-bond acceptors (Lipinski definition) is 3. The van der Waals surface area contributed by atoms with Crippen LogP contribution in [0, 0.1) is 3.57 Å². The van der Waals surface area contributed by atoms with E-state index < -0.39 is 10.0 Å². The van der Waals surface area contributed by atoms with Gasteiger partial charge in [0.2, 0.25) is 10.0 Å². The van der Waals surface area contributed by atoms with Crippen LogP contribution in [-0.4, -0.2) is 8.42 Å². The van der Waals surface area contributed by atoms with Crippen molar-refractivity contribution in [2.24, 2.45) is 5.14 Å². The second-order valence-corrected chi connectivity index (χ2v) is 6.05. The standard InChI is InChI=1S/C9H13IN2O2S/c1-2-3-6-4-7(10)5-8(9(6)11)15(12,13)14/h4-5H,2-3,11H2,1H3,(H2,12,13,14). The summed E-state index contributed by atoms with van der Waals surface area (Å²) in [6.45, 7) is 2.01. The number of nitrogens with two attached hydrogens (primary N) is 2. The molecule has 0 aliphatic rings. The normalized spacial score (nSPS) is 11.7. The number of halogens is 1. The molecule has 0 saturated heterocycles. The maximum absolute atomic E-state index is 11.3. The van der Waals surface area contributed by atoms with Gasteiger partial charge in [-0.2, -0.15) is 0 Å². The molecule has 0 radical (unpaired) electrons. The largest absolute Gasteiger partial charge is 0.397 e. The molecule has 6 heteroatoms. The van der Waals surface area contributed by atoms with E-state index in [-0.39, 0.29) is 10.6 Å². The number of sulfonamides is 1. The minimum Gasteiger partial charge on any atom is -0.397 e. The Kier molecular flexibility index (Phi) is 3.96. The van der Waals surface area contributed by atoms with Crippen molar-refractivity contribution in [3.8, 4) is 0 Å². The van der Waals surface area contributed by atoms with E-state index in [1.54, 1.807) is 0 Å². The molecule has 0 spiro atoms. The number of primary sulfonamides is 1. The van der Waals surface area contributed by atoms with E-state index >= 15 is 0 Å². The van der Waals surface area contributed by atoms with E-state index in [1.165, 1.54) is 6.07 Å². The van der Waals surface area contributed by atoms with Crippen LogP contribution >= 0.6 is 22.6 Å². The van der Waals surface area contributed by atoms with Gasteiger partial charge in [-0.25, -0.2) is 13.6 Å². The Morgan fingerprint density at radius 2 is 2.00 bits per heavy atom. The third-order valence-corrected chi connectivity index (χ3v) is 3.59. The van der Waals surface area contributed by atoms with Crippen molar-refractivity contribution >= 4 is 38.3 Å². The quantitative estimate of drug-likeness (QED) is 0.645. The van der Waals surface area contributed by atoms with Gasteiger partial charge in [-0.05, 0) is 46.7 Å². The van der Waals surface area contributed by atoms with Crippen molar-refractivity contribution in [3.05, 3.63) is 21.3 Å². The Bertz CT molecular complexity index is 471. The summed E-state index contributed by atoms with van der Waals surface area (Å²) in [5.74, 6) is 0. The monoisotopic (exact) mass is 340 g/mol. The van der Waals surface area contributed by atoms with E-state index in [0.717, 1.165) is 22.0 Å². The van der Waals surface area contributed by atoms with E-state index in [0.29, 0.717) is 0 Å². The van der Waals surface area contributed by atoms with Crippen LogP contribution in [0.1, 0.15) is 18.9 Å². The molecule has 0 unspecified atom stereocenters. The summed E-state index contributed by atoms with van der Waals surface area (Å²) < 4.78 is 23.3. The first-order valence-electron chi connectivity index (χ1n) is 4.47. The van der Waals surface area contributed by atoms with E-state index in [2.05, 4.69) is 22.6 Å². The van der Waals surface area contributed by atoms with Gasteiger partial charge in [-0.3, -0.25) is 0 Å². The Balaban J connectivity index is 3.42. The molecule has 4 nitrogen and oxygen atoms in total. The van der Waals surface area contributed by atoms with Crippen molar-refractivity contribution in [1.82, 2.24) is 0 Å². The summed E-state index contributed by atoms with van der Waals surface area (Å²) in [6.07, 6.45) is 1.67. The zero-order valence-electron chi connectivity index (χ0n) is 8.33. The predicted octanol–water partition coefficient (Wildman–Crippen LogP) is 1.47. The molecule has 0 heterocycles. The molecule has 0 aliphatic carbocycles. The zero-order valence-corrected chi connectivity index (χ0v) is 11.3. The Hall–Kier alpha value is -0.340. The van der Waals surface area contributed by atoms with Crippen molar-refractivity contribution < 1.29 is 8.42 Å². The van der Waals surface area contributed by atoms with Gasteiger partial charge in [0.25, 0.3) is 0 Å². The third kappa shape index (κ3) is 3.05. The minimum atomic E-state index is -3.73. The number of hydrogen-bond donors (Lipinski definition) is 2. The van der Waals surface area contributed by atoms with Crippen molar-refractivity contribution in [2.75, 3.05) is 5.73 Å². The number of rotatable bonds is 3. The summed E-state index contributed by atoms with van der Waals surface area (Å²) in [6, 6.07) is 3.37. The fourth-order valence-electron chi connectivity index (χ4n) is 1.36. The Labute approximate surface area is 103 Å². The summed E-state index contributed by atoms with van der Waals surface area (Å²) in [4.78, 5) is 0.0258. The highest BCUT2D eigenvalue weighted by Crippen LogP contribution is 2.25. The van der Waals surface area contributed by atoms with Crippen LogP contribution in [0.5, 0.6) is 0 Å². The number of aryl methyl sites for hydroxylation is 1. The Morgan fingerprint density at radius 3 is 2.47 bits per heavy atom. The minimum absolute atomic E-state index is 0.0258. The van der Waals surface area contributed by atoms with Gasteiger partial charge in [0.15, 0.2) is 0 Å². The zero-order chi connectivity index (χ0) is 11.6. The average Bonchev–Trinajstić information content (AvgIpc) is 2.09. The van der Waals surface area contributed by atoms with Crippen LogP contribution in [0.2, 0.25) is 0 Å². The molecular formula is C9H13IN2O2S. The lowest BCUT2D eigenvalue weighted by atomic mass is 10.1. The molecule has 0 bridgehead atoms. The summed E-state index contributed by atoms with van der Waals surface area (Å²) in [5, 5.41) is 5.08. The smallest absolute Gasteiger partial charge is 0.240 e. The second-order valence-electron chi connectivity index (χ2n) is 3.27. The molecule has 0 amide bonds. The maximum atomic E-state index is 11.3. The van der Waals surface area contributed by atoms with E-state index in [4.69, 9.17) is 10.9 Å². The molecule has 0 fully saturated rings. The van der Waals surface area contributed by atoms with Crippen LogP contribution in [0.3, 0.4) is 0 Å². The average molecular weight is 340 g/mol. The highest BCUT2D eigenvalue weighted by atomic mass is 127. The molecular weight excluding hydrogens is 327 g/mol. The molecule has 0 saturated carbocycles. The van der Waals surface area contributed by atoms with Gasteiger partial charge in [0.05, 0.1) is 5.69 Å². The summed E-state index contributed by atoms with van der Waals surface area (Å²) in [5.41, 5.74) is 6.88. The van der Waals surface area contributed by atoms with Crippen LogP contribution in [0.15, 0.2) is 17.0 Å². The van der Waals surface area contributed by atoms with E-state index in [9.17, 15) is 8.42 Å². The van der Waals surface area contributed by atoms with Gasteiger partial charge < -0.3 is 5.73 Å². The lowest BCUT2D eigenvalue weighted by Crippen LogP contribution is -2.15. The van der Waals surface area contributed by atoms with E-state index in [1.807, 2.05) is 13.0 Å². The predicted molar refractivity (Wildman–Crippen MR) is 68.9 cm³/mol. The summed E-state index contributed by atoms with van der Waals surface area (Å²) in [7, 11) is -3.73. The molecule has 4 N–H and O–H groups in total.